The van der Waals surface area contributed by atoms with Crippen molar-refractivity contribution in [1.82, 2.24) is 0 Å². The zero-order valence-electron chi connectivity index (χ0n) is 8.53. The molecule has 2 N–H and O–H groups in total. The van der Waals surface area contributed by atoms with Crippen LogP contribution in [0, 0.1) is 12.7 Å². The van der Waals surface area contributed by atoms with Crippen LogP contribution in [0.3, 0.4) is 0 Å². The van der Waals surface area contributed by atoms with Crippen LogP contribution in [0.25, 0.3) is 0 Å². The first-order chi connectivity index (χ1) is 7.07. The zero-order chi connectivity index (χ0) is 11.4. The second kappa shape index (κ2) is 5.11. The first-order valence-electron chi connectivity index (χ1n) is 4.34. The molecule has 0 amide bonds. The van der Waals surface area contributed by atoms with E-state index in [1.165, 1.54) is 26.2 Å². The van der Waals surface area contributed by atoms with Gasteiger partial charge < -0.3 is 19.5 Å². The lowest BCUT2D eigenvalue weighted by atomic mass is 9.78. The van der Waals surface area contributed by atoms with Crippen LogP contribution in [0.2, 0.25) is 0 Å². The highest BCUT2D eigenvalue weighted by molar-refractivity contribution is 6.59. The molecule has 1 aromatic rings. The van der Waals surface area contributed by atoms with Gasteiger partial charge in [0.05, 0.1) is 5.46 Å². The lowest BCUT2D eigenvalue weighted by Gasteiger charge is -2.12. The Balaban J connectivity index is 3.09. The second-order valence-electron chi connectivity index (χ2n) is 3.03. The maximum absolute atomic E-state index is 13.5. The Morgan fingerprint density at radius 2 is 2.07 bits per heavy atom. The molecule has 0 unspecified atom stereocenters. The minimum Gasteiger partial charge on any atom is -0.468 e. The van der Waals surface area contributed by atoms with Gasteiger partial charge in [0.15, 0.2) is 6.79 Å². The van der Waals surface area contributed by atoms with Crippen molar-refractivity contribution >= 4 is 12.6 Å². The molecule has 82 valence electrons. The third-order valence-corrected chi connectivity index (χ3v) is 1.92. The van der Waals surface area contributed by atoms with Crippen molar-refractivity contribution in [3.05, 3.63) is 23.5 Å². The van der Waals surface area contributed by atoms with E-state index in [2.05, 4.69) is 4.74 Å². The Hall–Kier alpha value is -1.11. The summed E-state index contributed by atoms with van der Waals surface area (Å²) in [5, 5.41) is 18.0. The van der Waals surface area contributed by atoms with Gasteiger partial charge in [-0.25, -0.2) is 4.39 Å². The predicted octanol–water partition coefficient (Wildman–Crippen LogP) is -0.203. The Labute approximate surface area is 87.4 Å². The summed E-state index contributed by atoms with van der Waals surface area (Å²) < 4.78 is 23.1. The minimum absolute atomic E-state index is 0.0648. The van der Waals surface area contributed by atoms with Gasteiger partial charge in [0.1, 0.15) is 11.6 Å². The molecule has 1 aromatic carbocycles. The van der Waals surface area contributed by atoms with Gasteiger partial charge in [0.25, 0.3) is 0 Å². The molecule has 6 heteroatoms. The molecule has 0 aliphatic carbocycles. The molecule has 15 heavy (non-hydrogen) atoms. The van der Waals surface area contributed by atoms with Crippen molar-refractivity contribution in [1.29, 1.82) is 0 Å². The van der Waals surface area contributed by atoms with Crippen molar-refractivity contribution < 1.29 is 23.9 Å². The Bertz CT molecular complexity index is 343. The summed E-state index contributed by atoms with van der Waals surface area (Å²) in [7, 11) is -0.490. The number of aryl methyl sites for hydroxylation is 1. The summed E-state index contributed by atoms with van der Waals surface area (Å²) >= 11 is 0. The molecule has 0 radical (unpaired) electrons. The van der Waals surface area contributed by atoms with E-state index in [1.807, 2.05) is 0 Å². The number of rotatable bonds is 4. The van der Waals surface area contributed by atoms with Gasteiger partial charge in [-0.15, -0.1) is 0 Å². The minimum atomic E-state index is -1.91. The fraction of sp³-hybridized carbons (Fsp3) is 0.333. The lowest BCUT2D eigenvalue weighted by Crippen LogP contribution is -2.35. The number of methoxy groups -OCH3 is 1. The highest BCUT2D eigenvalue weighted by Gasteiger charge is 2.23. The zero-order valence-corrected chi connectivity index (χ0v) is 8.53. The van der Waals surface area contributed by atoms with Crippen LogP contribution >= 0.6 is 0 Å². The van der Waals surface area contributed by atoms with Crippen molar-refractivity contribution in [3.8, 4) is 5.75 Å². The highest BCUT2D eigenvalue weighted by atomic mass is 19.1. The number of ether oxygens (including phenoxy) is 2. The maximum atomic E-state index is 13.5. The first kappa shape index (κ1) is 12.0. The molecule has 0 saturated carbocycles. The molecule has 0 saturated heterocycles. The van der Waals surface area contributed by atoms with Gasteiger partial charge in [-0.2, -0.15) is 0 Å². The van der Waals surface area contributed by atoms with Gasteiger partial charge >= 0.3 is 7.12 Å². The van der Waals surface area contributed by atoms with E-state index in [0.717, 1.165) is 0 Å². The van der Waals surface area contributed by atoms with Crippen molar-refractivity contribution in [3.63, 3.8) is 0 Å². The molecule has 0 bridgehead atoms. The molecule has 1 rings (SSSR count). The number of hydrogen-bond donors (Lipinski definition) is 2. The average Bonchev–Trinajstić information content (AvgIpc) is 2.19. The summed E-state index contributed by atoms with van der Waals surface area (Å²) in [5.41, 5.74) is 0.0508. The van der Waals surface area contributed by atoms with Crippen LogP contribution in [-0.2, 0) is 4.74 Å². The summed E-state index contributed by atoms with van der Waals surface area (Å²) in [4.78, 5) is 0. The fourth-order valence-electron chi connectivity index (χ4n) is 1.17. The molecule has 0 aromatic heterocycles. The van der Waals surface area contributed by atoms with Crippen LogP contribution in [0.1, 0.15) is 5.56 Å². The largest absolute Gasteiger partial charge is 0.495 e. The molecule has 0 aliphatic heterocycles. The smallest absolute Gasteiger partial charge is 0.468 e. The molecular formula is C9H12BFO4. The Morgan fingerprint density at radius 1 is 1.40 bits per heavy atom. The van der Waals surface area contributed by atoms with Crippen LogP contribution in [0.4, 0.5) is 4.39 Å². The molecule has 0 spiro atoms. The molecule has 0 fully saturated rings. The standard InChI is InChI=1S/C9H12BFO4/c1-6-3-4-7(15-5-14-2)8(9(6)11)10(12)13/h3-4,12-13H,5H2,1-2H3. The van der Waals surface area contributed by atoms with E-state index in [9.17, 15) is 4.39 Å². The monoisotopic (exact) mass is 214 g/mol. The van der Waals surface area contributed by atoms with E-state index in [4.69, 9.17) is 14.8 Å². The van der Waals surface area contributed by atoms with Crippen molar-refractivity contribution in [2.75, 3.05) is 13.9 Å². The third-order valence-electron chi connectivity index (χ3n) is 1.92. The van der Waals surface area contributed by atoms with Gasteiger partial charge in [-0.1, -0.05) is 6.07 Å². The van der Waals surface area contributed by atoms with Crippen LogP contribution < -0.4 is 10.2 Å². The van der Waals surface area contributed by atoms with Crippen molar-refractivity contribution in [2.45, 2.75) is 6.92 Å². The number of benzene rings is 1. The van der Waals surface area contributed by atoms with Crippen LogP contribution in [-0.4, -0.2) is 31.1 Å². The summed E-state index contributed by atoms with van der Waals surface area (Å²) in [6, 6.07) is 2.96. The number of hydrogen-bond acceptors (Lipinski definition) is 4. The second-order valence-corrected chi connectivity index (χ2v) is 3.03. The van der Waals surface area contributed by atoms with Gasteiger partial charge in [-0.3, -0.25) is 0 Å². The van der Waals surface area contributed by atoms with Crippen LogP contribution in [0.15, 0.2) is 12.1 Å². The first-order valence-corrected chi connectivity index (χ1v) is 4.34. The van der Waals surface area contributed by atoms with Gasteiger partial charge in [0.2, 0.25) is 0 Å². The Kier molecular flexibility index (Phi) is 4.08. The van der Waals surface area contributed by atoms with Gasteiger partial charge in [-0.05, 0) is 18.6 Å². The molecule has 4 nitrogen and oxygen atoms in total. The highest BCUT2D eigenvalue weighted by Crippen LogP contribution is 2.14. The Morgan fingerprint density at radius 3 is 2.60 bits per heavy atom. The van der Waals surface area contributed by atoms with E-state index in [0.29, 0.717) is 5.56 Å². The van der Waals surface area contributed by atoms with E-state index >= 15 is 0 Å². The van der Waals surface area contributed by atoms with E-state index < -0.39 is 12.9 Å². The molecule has 0 atom stereocenters. The van der Waals surface area contributed by atoms with E-state index in [1.54, 1.807) is 0 Å². The SMILES string of the molecule is COCOc1ccc(C)c(F)c1B(O)O. The summed E-state index contributed by atoms with van der Waals surface area (Å²) in [6.45, 7) is 1.45. The average molecular weight is 214 g/mol. The molecule has 0 heterocycles. The molecular weight excluding hydrogens is 202 g/mol. The molecule has 0 aliphatic rings. The number of halogens is 1. The normalized spacial score (nSPS) is 10.2. The van der Waals surface area contributed by atoms with Gasteiger partial charge in [0, 0.05) is 7.11 Å². The lowest BCUT2D eigenvalue weighted by molar-refractivity contribution is 0.0515. The quantitative estimate of drug-likeness (QED) is 0.538. The van der Waals surface area contributed by atoms with E-state index in [-0.39, 0.29) is 18.0 Å². The summed E-state index contributed by atoms with van der Waals surface area (Å²) in [5.74, 6) is -0.617. The summed E-state index contributed by atoms with van der Waals surface area (Å²) in [6.07, 6.45) is 0. The van der Waals surface area contributed by atoms with Crippen LogP contribution in [0.5, 0.6) is 5.75 Å². The predicted molar refractivity (Wildman–Crippen MR) is 53.5 cm³/mol. The fourth-order valence-corrected chi connectivity index (χ4v) is 1.17. The third kappa shape index (κ3) is 2.68. The topological polar surface area (TPSA) is 58.9 Å². The maximum Gasteiger partial charge on any atom is 0.495 e. The van der Waals surface area contributed by atoms with Crippen molar-refractivity contribution in [2.24, 2.45) is 0 Å².